The van der Waals surface area contributed by atoms with Gasteiger partial charge in [-0.25, -0.2) is 0 Å². The van der Waals surface area contributed by atoms with Crippen LogP contribution < -0.4 is 5.73 Å². The van der Waals surface area contributed by atoms with Gasteiger partial charge >= 0.3 is 0 Å². The molecule has 2 aliphatic rings. The molecule has 4 N–H and O–H groups in total. The predicted molar refractivity (Wildman–Crippen MR) is 59.2 cm³/mol. The molecule has 0 spiro atoms. The number of primary amides is 1. The molecule has 0 saturated carbocycles. The van der Waals surface area contributed by atoms with E-state index in [4.69, 9.17) is 15.6 Å². The zero-order chi connectivity index (χ0) is 12.4. The van der Waals surface area contributed by atoms with Crippen molar-refractivity contribution in [1.82, 2.24) is 4.90 Å². The topological polar surface area (TPSA) is 96.0 Å². The minimum atomic E-state index is -0.689. The normalized spacial score (nSPS) is 32.7. The third kappa shape index (κ3) is 2.49. The summed E-state index contributed by atoms with van der Waals surface area (Å²) in [6.45, 7) is -0.221. The van der Waals surface area contributed by atoms with Crippen LogP contribution in [0.3, 0.4) is 0 Å². The summed E-state index contributed by atoms with van der Waals surface area (Å²) in [6.07, 6.45) is 4.48. The molecule has 0 aromatic carbocycles. The maximum atomic E-state index is 11.1. The van der Waals surface area contributed by atoms with Gasteiger partial charge in [0.15, 0.2) is 0 Å². The molecular weight excluding hydrogens is 224 g/mol. The lowest BCUT2D eigenvalue weighted by Gasteiger charge is -2.26. The molecule has 94 valence electrons. The lowest BCUT2D eigenvalue weighted by molar-refractivity contribution is -0.114. The van der Waals surface area contributed by atoms with Gasteiger partial charge in [0.1, 0.15) is 12.3 Å². The van der Waals surface area contributed by atoms with Gasteiger partial charge in [-0.15, -0.1) is 0 Å². The molecule has 0 radical (unpaired) electrons. The Morgan fingerprint density at radius 2 is 2.41 bits per heavy atom. The van der Waals surface area contributed by atoms with Crippen molar-refractivity contribution in [2.75, 3.05) is 6.61 Å². The Balaban J connectivity index is 2.06. The second-order valence-electron chi connectivity index (χ2n) is 4.17. The van der Waals surface area contributed by atoms with Crippen molar-refractivity contribution in [2.45, 2.75) is 31.3 Å². The van der Waals surface area contributed by atoms with Crippen LogP contribution in [0, 0.1) is 0 Å². The van der Waals surface area contributed by atoms with E-state index in [0.717, 1.165) is 0 Å². The Morgan fingerprint density at radius 1 is 1.65 bits per heavy atom. The smallest absolute Gasteiger partial charge is 0.246 e. The van der Waals surface area contributed by atoms with E-state index in [1.54, 1.807) is 17.3 Å². The fourth-order valence-electron chi connectivity index (χ4n) is 1.98. The highest BCUT2D eigenvalue weighted by Gasteiger charge is 2.36. The van der Waals surface area contributed by atoms with Gasteiger partial charge in [-0.2, -0.15) is 0 Å². The van der Waals surface area contributed by atoms with Crippen molar-refractivity contribution in [3.05, 3.63) is 24.0 Å². The number of rotatable bonds is 3. The Labute approximate surface area is 99.0 Å². The van der Waals surface area contributed by atoms with Gasteiger partial charge in [-0.3, -0.25) is 4.79 Å². The fourth-order valence-corrected chi connectivity index (χ4v) is 1.98. The maximum Gasteiger partial charge on any atom is 0.246 e. The first-order valence-corrected chi connectivity index (χ1v) is 5.51. The number of carbonyl (C=O) groups excluding carboxylic acids is 1. The minimum Gasteiger partial charge on any atom is -0.394 e. The van der Waals surface area contributed by atoms with Crippen molar-refractivity contribution in [2.24, 2.45) is 5.73 Å². The zero-order valence-corrected chi connectivity index (χ0v) is 9.32. The number of nitrogens with zero attached hydrogens (tertiary/aromatic N) is 1. The van der Waals surface area contributed by atoms with Crippen LogP contribution in [0.15, 0.2) is 24.0 Å². The predicted octanol–water partition coefficient (Wildman–Crippen LogP) is -0.957. The van der Waals surface area contributed by atoms with E-state index >= 15 is 0 Å². The molecule has 0 bridgehead atoms. The van der Waals surface area contributed by atoms with Gasteiger partial charge in [0, 0.05) is 24.4 Å². The Hall–Kier alpha value is -1.37. The summed E-state index contributed by atoms with van der Waals surface area (Å²) in [6, 6.07) is 0. The quantitative estimate of drug-likeness (QED) is 0.590. The van der Waals surface area contributed by atoms with Crippen molar-refractivity contribution >= 4 is 5.91 Å². The molecule has 2 unspecified atom stereocenters. The number of carbonyl (C=O) groups is 1. The maximum absolute atomic E-state index is 11.1. The highest BCUT2D eigenvalue weighted by atomic mass is 16.5. The number of hydrogen-bond acceptors (Lipinski definition) is 5. The minimum absolute atomic E-state index is 0.221. The van der Waals surface area contributed by atoms with Gasteiger partial charge in [-0.1, -0.05) is 6.08 Å². The van der Waals surface area contributed by atoms with Crippen molar-refractivity contribution < 1.29 is 19.7 Å². The molecule has 0 aromatic rings. The summed E-state index contributed by atoms with van der Waals surface area (Å²) in [7, 11) is 0. The molecule has 0 aromatic heterocycles. The largest absolute Gasteiger partial charge is 0.394 e. The van der Waals surface area contributed by atoms with Crippen LogP contribution in [0.2, 0.25) is 0 Å². The number of amides is 1. The SMILES string of the molecule is NC(=O)C1=CN([C@H]2CC(O)C(CO)O2)C=CC1. The number of allylic oxidation sites excluding steroid dienone is 1. The van der Waals surface area contributed by atoms with Gasteiger partial charge < -0.3 is 25.6 Å². The van der Waals surface area contributed by atoms with E-state index in [1.807, 2.05) is 6.08 Å². The third-order valence-corrected chi connectivity index (χ3v) is 2.95. The number of ether oxygens (including phenoxy) is 1. The number of hydrogen-bond donors (Lipinski definition) is 3. The summed E-state index contributed by atoms with van der Waals surface area (Å²) in [5.74, 6) is -0.461. The van der Waals surface area contributed by atoms with Crippen LogP contribution in [0.25, 0.3) is 0 Å². The Bertz CT molecular complexity index is 366. The Morgan fingerprint density at radius 3 is 3.00 bits per heavy atom. The molecule has 2 aliphatic heterocycles. The fraction of sp³-hybridized carbons (Fsp3) is 0.545. The van der Waals surface area contributed by atoms with E-state index in [2.05, 4.69) is 0 Å². The molecular formula is C11H16N2O4. The molecule has 17 heavy (non-hydrogen) atoms. The number of aliphatic hydroxyl groups is 2. The van der Waals surface area contributed by atoms with Crippen LogP contribution in [0.4, 0.5) is 0 Å². The Kier molecular flexibility index (Phi) is 3.46. The third-order valence-electron chi connectivity index (χ3n) is 2.95. The van der Waals surface area contributed by atoms with Crippen molar-refractivity contribution in [3.8, 4) is 0 Å². The number of aliphatic hydroxyl groups excluding tert-OH is 2. The lowest BCUT2D eigenvalue weighted by Crippen LogP contribution is -2.30. The molecule has 1 saturated heterocycles. The molecule has 2 heterocycles. The lowest BCUT2D eigenvalue weighted by atomic mass is 10.1. The van der Waals surface area contributed by atoms with E-state index in [-0.39, 0.29) is 12.8 Å². The first-order chi connectivity index (χ1) is 8.11. The first kappa shape index (κ1) is 12.1. The van der Waals surface area contributed by atoms with Crippen LogP contribution in [0.5, 0.6) is 0 Å². The van der Waals surface area contributed by atoms with Gasteiger partial charge in [0.2, 0.25) is 5.91 Å². The molecule has 6 heteroatoms. The molecule has 2 rings (SSSR count). The first-order valence-electron chi connectivity index (χ1n) is 5.51. The van der Waals surface area contributed by atoms with E-state index in [1.165, 1.54) is 0 Å². The molecule has 1 amide bonds. The second kappa shape index (κ2) is 4.87. The van der Waals surface area contributed by atoms with Crippen LogP contribution in [-0.2, 0) is 9.53 Å². The summed E-state index contributed by atoms with van der Waals surface area (Å²) in [4.78, 5) is 12.8. The van der Waals surface area contributed by atoms with Crippen LogP contribution in [0.1, 0.15) is 12.8 Å². The van der Waals surface area contributed by atoms with E-state index < -0.39 is 18.1 Å². The summed E-state index contributed by atoms with van der Waals surface area (Å²) in [5.41, 5.74) is 5.71. The highest BCUT2D eigenvalue weighted by Crippen LogP contribution is 2.26. The summed E-state index contributed by atoms with van der Waals surface area (Å²) >= 11 is 0. The van der Waals surface area contributed by atoms with Gasteiger partial charge in [-0.05, 0) is 6.42 Å². The van der Waals surface area contributed by atoms with E-state index in [0.29, 0.717) is 18.4 Å². The standard InChI is InChI=1S/C11H16N2O4/c12-11(16)7-2-1-3-13(5-7)10-4-8(15)9(6-14)17-10/h1,3,5,8-10,14-15H,2,4,6H2,(H2,12,16)/t8?,9?,10-/m1/s1. The monoisotopic (exact) mass is 240 g/mol. The molecule has 0 aliphatic carbocycles. The van der Waals surface area contributed by atoms with Gasteiger partial charge in [0.25, 0.3) is 0 Å². The highest BCUT2D eigenvalue weighted by molar-refractivity contribution is 5.92. The van der Waals surface area contributed by atoms with Gasteiger partial charge in [0.05, 0.1) is 12.7 Å². The average Bonchev–Trinajstić information content (AvgIpc) is 2.71. The molecule has 1 fully saturated rings. The summed E-state index contributed by atoms with van der Waals surface area (Å²) in [5, 5.41) is 18.6. The molecule has 3 atom stereocenters. The van der Waals surface area contributed by atoms with Crippen LogP contribution in [-0.4, -0.2) is 46.1 Å². The zero-order valence-electron chi connectivity index (χ0n) is 9.32. The summed E-state index contributed by atoms with van der Waals surface area (Å²) < 4.78 is 5.47. The molecule has 6 nitrogen and oxygen atoms in total. The van der Waals surface area contributed by atoms with Crippen molar-refractivity contribution in [3.63, 3.8) is 0 Å². The second-order valence-corrected chi connectivity index (χ2v) is 4.17. The van der Waals surface area contributed by atoms with Crippen LogP contribution >= 0.6 is 0 Å². The van der Waals surface area contributed by atoms with Crippen molar-refractivity contribution in [1.29, 1.82) is 0 Å². The van der Waals surface area contributed by atoms with E-state index in [9.17, 15) is 9.90 Å². The number of nitrogens with two attached hydrogens (primary N) is 1. The average molecular weight is 240 g/mol.